The number of carbonyl (C=O) groups is 8. The average Bonchev–Trinajstić information content (AvgIpc) is 1.54. The summed E-state index contributed by atoms with van der Waals surface area (Å²) in [4.78, 5) is 134. The third kappa shape index (κ3) is 26.9. The van der Waals surface area contributed by atoms with Gasteiger partial charge in [-0.05, 0) is 93.2 Å². The Kier molecular flexibility index (Phi) is 35.0. The van der Waals surface area contributed by atoms with Gasteiger partial charge in [0.25, 0.3) is 5.56 Å². The van der Waals surface area contributed by atoms with E-state index in [0.717, 1.165) is 19.1 Å². The highest BCUT2D eigenvalue weighted by Gasteiger charge is 2.50. The van der Waals surface area contributed by atoms with Crippen LogP contribution in [0.15, 0.2) is 64.8 Å². The number of benzene rings is 2. The van der Waals surface area contributed by atoms with Crippen LogP contribution >= 0.6 is 0 Å². The molecule has 0 saturated heterocycles. The predicted octanol–water partition coefficient (Wildman–Crippen LogP) is 0.608. The number of esters is 1. The molecule has 620 valence electrons. The monoisotopic (exact) mass is 1610 g/mol. The van der Waals surface area contributed by atoms with Crippen LogP contribution in [0.3, 0.4) is 0 Å². The van der Waals surface area contributed by atoms with E-state index in [1.807, 2.05) is 0 Å². The van der Waals surface area contributed by atoms with E-state index >= 15 is 4.39 Å². The summed E-state index contributed by atoms with van der Waals surface area (Å²) < 4.78 is 95.1. The van der Waals surface area contributed by atoms with Gasteiger partial charge in [0, 0.05) is 74.1 Å². The lowest BCUT2D eigenvalue weighted by molar-refractivity contribution is -0.173. The van der Waals surface area contributed by atoms with Crippen molar-refractivity contribution in [3.8, 4) is 23.2 Å². The number of aromatic nitrogens is 4. The Morgan fingerprint density at radius 2 is 1.32 bits per heavy atom. The Hall–Kier alpha value is -9.36. The first kappa shape index (κ1) is 88.6. The van der Waals surface area contributed by atoms with E-state index in [0.29, 0.717) is 180 Å². The molecular weight excluding hydrogens is 1510 g/mol. The third-order valence-electron chi connectivity index (χ3n) is 19.2. The molecule has 4 aliphatic rings. The van der Waals surface area contributed by atoms with Crippen molar-refractivity contribution in [2.45, 2.75) is 133 Å². The van der Waals surface area contributed by atoms with Gasteiger partial charge in [-0.15, -0.1) is 0 Å². The number of fused-ring (bicyclic) bond motifs is 5. The smallest absolute Gasteiger partial charge is 0.343 e. The second-order valence-electron chi connectivity index (χ2n) is 27.7. The molecule has 9 N–H and O–H groups in total. The number of halogens is 1. The fourth-order valence-corrected chi connectivity index (χ4v) is 13.4. The predicted molar refractivity (Wildman–Crippen MR) is 408 cm³/mol. The molecule has 0 unspecified atom stereocenters. The minimum Gasteiger partial charge on any atom is -0.458 e. The molecule has 2 aromatic carbocycles. The molecule has 1 saturated carbocycles. The maximum absolute atomic E-state index is 15.6. The Morgan fingerprint density at radius 1 is 0.711 bits per heavy atom. The second-order valence-corrected chi connectivity index (χ2v) is 29.7. The number of pyridine rings is 2. The lowest BCUT2D eigenvalue weighted by Crippen LogP contribution is -2.52. The first-order valence-electron chi connectivity index (χ1n) is 38.2. The van der Waals surface area contributed by atoms with Gasteiger partial charge in [0.15, 0.2) is 5.60 Å². The van der Waals surface area contributed by atoms with Crippen LogP contribution in [0.1, 0.15) is 115 Å². The molecule has 5 heterocycles. The quantitative estimate of drug-likeness (QED) is 0.00830. The van der Waals surface area contributed by atoms with E-state index < -0.39 is 125 Å². The number of hydrogen-bond acceptors (Lipinski definition) is 26. The number of rotatable bonds is 51. The Morgan fingerprint density at radius 3 is 1.96 bits per heavy atom. The number of carbonyl (C=O) groups excluding carboxylic acids is 8. The first-order chi connectivity index (χ1) is 55.0. The zero-order valence-corrected chi connectivity index (χ0v) is 65.5. The van der Waals surface area contributed by atoms with Gasteiger partial charge in [0.05, 0.1) is 165 Å². The maximum atomic E-state index is 15.6. The zero-order valence-electron chi connectivity index (χ0n) is 64.7. The number of hydrogen-bond donors (Lipinski definition) is 9. The minimum atomic E-state index is -3.56. The van der Waals surface area contributed by atoms with E-state index in [1.165, 1.54) is 30.0 Å². The third-order valence-corrected chi connectivity index (χ3v) is 20.1. The molecular formula is C78H103FN12O22S. The van der Waals surface area contributed by atoms with Gasteiger partial charge in [-0.25, -0.2) is 32.6 Å². The summed E-state index contributed by atoms with van der Waals surface area (Å²) >= 11 is 0. The Bertz CT molecular complexity index is 4370. The summed E-state index contributed by atoms with van der Waals surface area (Å²) in [6, 6.07) is 8.91. The van der Waals surface area contributed by atoms with Crippen LogP contribution < -0.4 is 48.1 Å². The number of nitrogens with zero attached hydrogens (tertiary/aromatic N) is 4. The number of unbranched alkanes of at least 4 members (excludes halogenated alkanes) is 2. The van der Waals surface area contributed by atoms with Crippen LogP contribution in [-0.4, -0.2) is 250 Å². The van der Waals surface area contributed by atoms with E-state index in [1.54, 1.807) is 50.4 Å². The van der Waals surface area contributed by atoms with Crippen LogP contribution in [0.2, 0.25) is 0 Å². The van der Waals surface area contributed by atoms with E-state index in [-0.39, 0.29) is 80.8 Å². The molecule has 0 bridgehead atoms. The van der Waals surface area contributed by atoms with Gasteiger partial charge in [-0.1, -0.05) is 55.0 Å². The van der Waals surface area contributed by atoms with Gasteiger partial charge in [0.2, 0.25) is 56.3 Å². The molecule has 7 amide bonds. The van der Waals surface area contributed by atoms with Crippen molar-refractivity contribution < 1.29 is 104 Å². The molecule has 34 nitrogen and oxygen atoms in total. The summed E-state index contributed by atoms with van der Waals surface area (Å²) in [6.07, 6.45) is 6.55. The van der Waals surface area contributed by atoms with Crippen molar-refractivity contribution in [2.24, 2.45) is 5.92 Å². The Labute approximate surface area is 660 Å². The Balaban J connectivity index is 0.676. The molecule has 1 fully saturated rings. The van der Waals surface area contributed by atoms with Crippen molar-refractivity contribution in [3.05, 3.63) is 116 Å². The standard InChI is InChI=1S/C78H103FN12O22S/c1-50-55-17-18-60(70-56-47-91-64(71(56)89-62(69(55)70)40-59(50)79)39-58-57(75(91)99)48-112-76(100)78(58,101)41-53-15-16-53)90-72(96)51(2)113-49-87-67(94)45-84-74(98)63(38-52-12-9-7-10-13-52)88-68(95)46-83-66(93)44-82-65(92)20-19-61(80-21-11-6-5-8-14-54-42-85-77(86-43-54)114(4,102)103)73(97)81-22-23-105-26-27-107-30-31-109-34-35-111-37-36-110-33-32-108-29-28-106-25-24-104-3/h7,9-10,12-13,39-40,42-43,51,53,60-61,63,80,101H,5-6,11,15-38,41,44-49H2,1-4H3,(H,81,97)(H,82,92)(H,83,93)(H,84,98)(H,87,94)(H,88,95)(H,90,96)/t51-,60+,61+,63+,78+/m1/s1. The van der Waals surface area contributed by atoms with Gasteiger partial charge in [-0.2, -0.15) is 0 Å². The largest absolute Gasteiger partial charge is 0.458 e. The van der Waals surface area contributed by atoms with Crippen LogP contribution in [0.5, 0.6) is 0 Å². The van der Waals surface area contributed by atoms with Crippen LogP contribution in [0, 0.1) is 30.5 Å². The fourth-order valence-electron chi connectivity index (χ4n) is 13.0. The van der Waals surface area contributed by atoms with Gasteiger partial charge >= 0.3 is 5.97 Å². The van der Waals surface area contributed by atoms with Gasteiger partial charge in [0.1, 0.15) is 31.3 Å². The molecule has 2 aliphatic carbocycles. The van der Waals surface area contributed by atoms with E-state index in [4.69, 9.17) is 52.4 Å². The van der Waals surface area contributed by atoms with Crippen molar-refractivity contribution in [1.82, 2.24) is 62.1 Å². The maximum Gasteiger partial charge on any atom is 0.343 e. The van der Waals surface area contributed by atoms with Crippen LogP contribution in [0.4, 0.5) is 4.39 Å². The highest BCUT2D eigenvalue weighted by atomic mass is 32.2. The normalized spacial score (nSPS) is 16.1. The van der Waals surface area contributed by atoms with Crippen molar-refractivity contribution in [3.63, 3.8) is 0 Å². The summed E-state index contributed by atoms with van der Waals surface area (Å²) in [7, 11) is -1.95. The number of amides is 7. The zero-order chi connectivity index (χ0) is 81.4. The second kappa shape index (κ2) is 45.1. The number of sulfone groups is 1. The number of cyclic esters (lactones) is 1. The van der Waals surface area contributed by atoms with Crippen molar-refractivity contribution in [2.75, 3.05) is 152 Å². The van der Waals surface area contributed by atoms with Crippen LogP contribution in [0.25, 0.3) is 22.3 Å². The first-order valence-corrected chi connectivity index (χ1v) is 40.1. The molecule has 3 aromatic heterocycles. The molecule has 0 spiro atoms. The minimum absolute atomic E-state index is 0.0121. The molecule has 36 heteroatoms. The number of methoxy groups -OCH3 is 1. The average molecular weight is 1610 g/mol. The van der Waals surface area contributed by atoms with E-state index in [2.05, 4.69) is 64.3 Å². The number of aryl methyl sites for hydroxylation is 1. The summed E-state index contributed by atoms with van der Waals surface area (Å²) in [6.45, 7) is 7.27. The molecule has 0 radical (unpaired) electrons. The molecule has 5 aromatic rings. The fraction of sp³-hybridized carbons (Fsp3) is 0.564. The van der Waals surface area contributed by atoms with Crippen molar-refractivity contribution >= 4 is 68.1 Å². The molecule has 2 aliphatic heterocycles. The number of ether oxygens (including phenoxy) is 10. The summed E-state index contributed by atoms with van der Waals surface area (Å²) in [5.41, 5.74) is 2.32. The van der Waals surface area contributed by atoms with Crippen LogP contribution in [-0.2, 0) is 127 Å². The molecule has 5 atom stereocenters. The molecule has 9 rings (SSSR count). The SMILES string of the molecule is COCCOCCOCCOCCOCCOCCOCCOCCNC(=O)[C@H](CCC(=O)NCC(=O)NCC(=O)N[C@@H](Cc1ccccc1)C(=O)NCC(=O)NCO[C@H](C)C(=O)N[C@H]1CCc2c(C)c(F)cc3nc4c(c1c23)Cn1c-4cc2c(c1=O)COC(=O)[C@]2(O)CC1CC1)NCCCCC#Cc1cnc(S(C)(=O)=O)nc1. The van der Waals surface area contributed by atoms with Gasteiger partial charge in [-0.3, -0.25) is 38.4 Å². The van der Waals surface area contributed by atoms with Gasteiger partial charge < -0.3 is 99.6 Å². The molecule has 114 heavy (non-hydrogen) atoms. The summed E-state index contributed by atoms with van der Waals surface area (Å²) in [5.74, 6) is 0.218. The lowest BCUT2D eigenvalue weighted by Gasteiger charge is -2.32. The lowest BCUT2D eigenvalue weighted by atomic mass is 9.81. The summed E-state index contributed by atoms with van der Waals surface area (Å²) in [5, 5.41) is 33.8. The van der Waals surface area contributed by atoms with Crippen molar-refractivity contribution in [1.29, 1.82) is 0 Å². The van der Waals surface area contributed by atoms with E-state index in [9.17, 15) is 56.7 Å². The highest BCUT2D eigenvalue weighted by molar-refractivity contribution is 7.90. The number of nitrogens with one attached hydrogen (secondary N) is 8. The number of aliphatic hydroxyl groups is 1. The highest BCUT2D eigenvalue weighted by Crippen LogP contribution is 2.48. The topological polar surface area (TPSA) is 440 Å².